The smallest absolute Gasteiger partial charge is 0.433 e. The van der Waals surface area contributed by atoms with Crippen LogP contribution in [0, 0.1) is 5.41 Å². The number of carboxylic acid groups (broad SMARTS) is 1. The number of aromatic nitrogens is 2. The van der Waals surface area contributed by atoms with Crippen LogP contribution < -0.4 is 0 Å². The van der Waals surface area contributed by atoms with Gasteiger partial charge in [0.05, 0.1) is 12.2 Å². The molecule has 0 spiro atoms. The Morgan fingerprint density at radius 2 is 2.08 bits per heavy atom. The van der Waals surface area contributed by atoms with Crippen LogP contribution in [0.15, 0.2) is 6.20 Å². The van der Waals surface area contributed by atoms with E-state index in [-0.39, 0.29) is 5.41 Å². The van der Waals surface area contributed by atoms with Crippen LogP contribution in [-0.4, -0.2) is 45.4 Å². The van der Waals surface area contributed by atoms with Gasteiger partial charge in [-0.15, -0.1) is 0 Å². The van der Waals surface area contributed by atoms with Crippen molar-refractivity contribution in [1.82, 2.24) is 14.7 Å². The Bertz CT molecular complexity index is 621. The Morgan fingerprint density at radius 3 is 2.67 bits per heavy atom. The van der Waals surface area contributed by atoms with Crippen molar-refractivity contribution in [2.24, 2.45) is 5.41 Å². The van der Waals surface area contributed by atoms with Crippen LogP contribution in [0.5, 0.6) is 0 Å². The highest BCUT2D eigenvalue weighted by Gasteiger charge is 2.43. The fourth-order valence-corrected chi connectivity index (χ4v) is 4.16. The lowest BCUT2D eigenvalue weighted by atomic mass is 9.88. The summed E-state index contributed by atoms with van der Waals surface area (Å²) < 4.78 is 40.8. The maximum Gasteiger partial charge on any atom is 0.433 e. The van der Waals surface area contributed by atoms with Crippen LogP contribution in [-0.2, 0) is 6.18 Å². The average molecular weight is 345 g/mol. The third-order valence-corrected chi connectivity index (χ3v) is 5.30. The van der Waals surface area contributed by atoms with Crippen molar-refractivity contribution in [1.29, 1.82) is 0 Å². The van der Waals surface area contributed by atoms with Crippen molar-refractivity contribution in [2.45, 2.75) is 51.2 Å². The molecule has 3 rings (SSSR count). The minimum Gasteiger partial charge on any atom is -0.478 e. The normalized spacial score (nSPS) is 24.6. The first-order valence-corrected chi connectivity index (χ1v) is 8.30. The molecule has 0 aromatic carbocycles. The van der Waals surface area contributed by atoms with Crippen molar-refractivity contribution < 1.29 is 23.1 Å². The molecule has 2 fully saturated rings. The summed E-state index contributed by atoms with van der Waals surface area (Å²) >= 11 is 0. The number of alkyl halides is 3. The van der Waals surface area contributed by atoms with Gasteiger partial charge in [-0.1, -0.05) is 19.8 Å². The SMILES string of the molecule is CC1(CN2CCC(n3ncc(C(=O)O)c3C(F)(F)F)C2)CCCC1. The monoisotopic (exact) mass is 345 g/mol. The van der Waals surface area contributed by atoms with Gasteiger partial charge in [0.25, 0.3) is 0 Å². The third kappa shape index (κ3) is 3.29. The summed E-state index contributed by atoms with van der Waals surface area (Å²) in [6.07, 6.45) is 1.39. The molecule has 1 N–H and O–H groups in total. The van der Waals surface area contributed by atoms with E-state index in [9.17, 15) is 18.0 Å². The summed E-state index contributed by atoms with van der Waals surface area (Å²) in [6.45, 7) is 4.34. The van der Waals surface area contributed by atoms with Crippen molar-refractivity contribution in [3.8, 4) is 0 Å². The van der Waals surface area contributed by atoms with E-state index in [0.717, 1.165) is 36.8 Å². The lowest BCUT2D eigenvalue weighted by Gasteiger charge is -2.29. The van der Waals surface area contributed by atoms with E-state index in [1.807, 2.05) is 0 Å². The van der Waals surface area contributed by atoms with Gasteiger partial charge in [-0.05, 0) is 24.7 Å². The molecule has 2 heterocycles. The van der Waals surface area contributed by atoms with Gasteiger partial charge in [-0.2, -0.15) is 18.3 Å². The van der Waals surface area contributed by atoms with Crippen molar-refractivity contribution in [3.63, 3.8) is 0 Å². The number of rotatable bonds is 4. The second kappa shape index (κ2) is 6.06. The lowest BCUT2D eigenvalue weighted by molar-refractivity contribution is -0.145. The first-order chi connectivity index (χ1) is 11.2. The Kier molecular flexibility index (Phi) is 4.36. The number of carbonyl (C=O) groups is 1. The largest absolute Gasteiger partial charge is 0.478 e. The highest BCUT2D eigenvalue weighted by atomic mass is 19.4. The molecule has 8 heteroatoms. The fourth-order valence-electron chi connectivity index (χ4n) is 4.16. The predicted molar refractivity (Wildman–Crippen MR) is 80.9 cm³/mol. The van der Waals surface area contributed by atoms with E-state index < -0.39 is 29.4 Å². The molecule has 2 aliphatic rings. The van der Waals surface area contributed by atoms with E-state index in [2.05, 4.69) is 16.9 Å². The number of hydrogen-bond acceptors (Lipinski definition) is 3. The zero-order chi connectivity index (χ0) is 17.5. The van der Waals surface area contributed by atoms with E-state index >= 15 is 0 Å². The van der Waals surface area contributed by atoms with Crippen molar-refractivity contribution in [3.05, 3.63) is 17.5 Å². The average Bonchev–Trinajstić information content (AvgIpc) is 3.16. The summed E-state index contributed by atoms with van der Waals surface area (Å²) in [5.74, 6) is -1.60. The molecule has 134 valence electrons. The molecule has 0 radical (unpaired) electrons. The van der Waals surface area contributed by atoms with Gasteiger partial charge < -0.3 is 10.0 Å². The zero-order valence-electron chi connectivity index (χ0n) is 13.6. The standard InChI is InChI=1S/C16H22F3N3O2/c1-15(5-2-3-6-15)10-21-7-4-11(9-21)22-13(16(17,18)19)12(8-20-22)14(23)24/h8,11H,2-7,9-10H2,1H3,(H,23,24). The summed E-state index contributed by atoms with van der Waals surface area (Å²) in [7, 11) is 0. The first-order valence-electron chi connectivity index (χ1n) is 8.30. The van der Waals surface area contributed by atoms with Crippen LogP contribution in [0.1, 0.15) is 61.1 Å². The van der Waals surface area contributed by atoms with Crippen LogP contribution in [0.2, 0.25) is 0 Å². The van der Waals surface area contributed by atoms with Gasteiger partial charge in [-0.3, -0.25) is 4.68 Å². The molecular formula is C16H22F3N3O2. The second-order valence-electron chi connectivity index (χ2n) is 7.35. The maximum atomic E-state index is 13.3. The summed E-state index contributed by atoms with van der Waals surface area (Å²) in [4.78, 5) is 13.3. The summed E-state index contributed by atoms with van der Waals surface area (Å²) in [6, 6.07) is -0.431. The predicted octanol–water partition coefficient (Wildman–Crippen LogP) is 3.43. The quantitative estimate of drug-likeness (QED) is 0.908. The van der Waals surface area contributed by atoms with E-state index in [0.29, 0.717) is 13.0 Å². The molecule has 1 saturated carbocycles. The minimum absolute atomic E-state index is 0.248. The lowest BCUT2D eigenvalue weighted by Crippen LogP contribution is -2.33. The zero-order valence-corrected chi connectivity index (χ0v) is 13.6. The molecule has 0 bridgehead atoms. The van der Waals surface area contributed by atoms with Gasteiger partial charge >= 0.3 is 12.1 Å². The van der Waals surface area contributed by atoms with Gasteiger partial charge in [0.2, 0.25) is 0 Å². The van der Waals surface area contributed by atoms with Crippen LogP contribution >= 0.6 is 0 Å². The van der Waals surface area contributed by atoms with Crippen LogP contribution in [0.4, 0.5) is 13.2 Å². The molecular weight excluding hydrogens is 323 g/mol. The molecule has 5 nitrogen and oxygen atoms in total. The van der Waals surface area contributed by atoms with Crippen molar-refractivity contribution in [2.75, 3.05) is 19.6 Å². The molecule has 1 aromatic rings. The topological polar surface area (TPSA) is 58.4 Å². The number of nitrogens with zero attached hydrogens (tertiary/aromatic N) is 3. The number of carboxylic acids is 1. The summed E-state index contributed by atoms with van der Waals surface area (Å²) in [5.41, 5.74) is -1.67. The van der Waals surface area contributed by atoms with Gasteiger partial charge in [-0.25, -0.2) is 4.79 Å². The highest BCUT2D eigenvalue weighted by molar-refractivity contribution is 5.88. The number of aromatic carboxylic acids is 1. The Morgan fingerprint density at radius 1 is 1.42 bits per heavy atom. The van der Waals surface area contributed by atoms with E-state index in [4.69, 9.17) is 5.11 Å². The van der Waals surface area contributed by atoms with Gasteiger partial charge in [0.1, 0.15) is 5.56 Å². The van der Waals surface area contributed by atoms with E-state index in [1.165, 1.54) is 12.8 Å². The molecule has 1 aliphatic carbocycles. The molecule has 24 heavy (non-hydrogen) atoms. The number of likely N-dealkylation sites (tertiary alicyclic amines) is 1. The Balaban J connectivity index is 1.77. The second-order valence-corrected chi connectivity index (χ2v) is 7.35. The molecule has 1 atom stereocenters. The molecule has 1 aromatic heterocycles. The van der Waals surface area contributed by atoms with Crippen molar-refractivity contribution >= 4 is 5.97 Å². The summed E-state index contributed by atoms with van der Waals surface area (Å²) in [5, 5.41) is 12.8. The van der Waals surface area contributed by atoms with Crippen LogP contribution in [0.25, 0.3) is 0 Å². The molecule has 1 unspecified atom stereocenters. The molecule has 0 amide bonds. The molecule has 1 aliphatic heterocycles. The Hall–Kier alpha value is -1.57. The fraction of sp³-hybridized carbons (Fsp3) is 0.750. The number of hydrogen-bond donors (Lipinski definition) is 1. The molecule has 1 saturated heterocycles. The Labute approximate surface area is 138 Å². The third-order valence-electron chi connectivity index (χ3n) is 5.30. The maximum absolute atomic E-state index is 13.3. The minimum atomic E-state index is -4.73. The van der Waals surface area contributed by atoms with Crippen LogP contribution in [0.3, 0.4) is 0 Å². The number of halogens is 3. The van der Waals surface area contributed by atoms with Gasteiger partial charge in [0, 0.05) is 19.6 Å². The first kappa shape index (κ1) is 17.3. The van der Waals surface area contributed by atoms with Gasteiger partial charge in [0.15, 0.2) is 5.69 Å². The highest BCUT2D eigenvalue weighted by Crippen LogP contribution is 2.40. The van der Waals surface area contributed by atoms with E-state index in [1.54, 1.807) is 0 Å².